The van der Waals surface area contributed by atoms with Crippen LogP contribution in [0.1, 0.15) is 27.9 Å². The quantitative estimate of drug-likeness (QED) is 0.641. The molecule has 1 unspecified atom stereocenters. The molecule has 1 aromatic carbocycles. The van der Waals surface area contributed by atoms with Crippen LogP contribution < -0.4 is 5.32 Å². The predicted molar refractivity (Wildman–Crippen MR) is 83.7 cm³/mol. The monoisotopic (exact) mass is 307 g/mol. The first-order valence-electron chi connectivity index (χ1n) is 7.03. The van der Waals surface area contributed by atoms with Gasteiger partial charge in [-0.25, -0.2) is 15.0 Å². The molecule has 0 spiro atoms. The molecule has 1 aliphatic rings. The van der Waals surface area contributed by atoms with E-state index in [1.807, 2.05) is 18.2 Å². The molecule has 0 saturated heterocycles. The Balaban J connectivity index is 1.75. The number of amides is 1. The van der Waals surface area contributed by atoms with Gasteiger partial charge in [-0.3, -0.25) is 4.79 Å². The lowest BCUT2D eigenvalue weighted by Crippen LogP contribution is -2.39. The summed E-state index contributed by atoms with van der Waals surface area (Å²) < 4.78 is 0. The minimum absolute atomic E-state index is 0.185. The van der Waals surface area contributed by atoms with Crippen molar-refractivity contribution in [2.24, 2.45) is 5.10 Å². The number of carbonyl (C=O) groups is 1. The van der Waals surface area contributed by atoms with E-state index in [-0.39, 0.29) is 5.91 Å². The summed E-state index contributed by atoms with van der Waals surface area (Å²) in [6.07, 6.45) is 7.52. The first-order valence-corrected chi connectivity index (χ1v) is 7.03. The van der Waals surface area contributed by atoms with E-state index < -0.39 is 6.17 Å². The first-order chi connectivity index (χ1) is 11.3. The molecule has 1 aliphatic heterocycles. The summed E-state index contributed by atoms with van der Waals surface area (Å²) in [7, 11) is 0. The van der Waals surface area contributed by atoms with E-state index in [2.05, 4.69) is 30.4 Å². The Labute approximate surface area is 131 Å². The van der Waals surface area contributed by atoms with Gasteiger partial charge in [-0.15, -0.1) is 0 Å². The standard InChI is InChI=1S/C15H13N7O/c23-15-11-3-1-2-4-12(11)21-14(13-7-17-9-19-13)22(15)20-6-10-5-16-8-18-10/h1-9,14,21H,(H,16,18)(H,17,19)/b20-6+. The number of carbonyl (C=O) groups excluding carboxylic acids is 1. The molecule has 114 valence electrons. The Morgan fingerprint density at radius 3 is 2.74 bits per heavy atom. The SMILES string of the molecule is O=C1c2ccccc2NC(c2cnc[nH]2)N1/N=C/c1cnc[nH]1. The van der Waals surface area contributed by atoms with Gasteiger partial charge in [0.25, 0.3) is 5.91 Å². The van der Waals surface area contributed by atoms with Crippen molar-refractivity contribution in [1.29, 1.82) is 0 Å². The van der Waals surface area contributed by atoms with Gasteiger partial charge in [0.2, 0.25) is 0 Å². The molecule has 0 radical (unpaired) electrons. The number of imidazole rings is 2. The Morgan fingerprint density at radius 2 is 1.96 bits per heavy atom. The highest BCUT2D eigenvalue weighted by molar-refractivity contribution is 6.02. The molecule has 8 nitrogen and oxygen atoms in total. The average molecular weight is 307 g/mol. The smallest absolute Gasteiger partial charge is 0.278 e. The van der Waals surface area contributed by atoms with Crippen LogP contribution in [0.25, 0.3) is 0 Å². The number of rotatable bonds is 3. The topological polar surface area (TPSA) is 102 Å². The summed E-state index contributed by atoms with van der Waals surface area (Å²) in [5.74, 6) is -0.185. The highest BCUT2D eigenvalue weighted by atomic mass is 16.2. The van der Waals surface area contributed by atoms with Gasteiger partial charge >= 0.3 is 0 Å². The largest absolute Gasteiger partial charge is 0.358 e. The van der Waals surface area contributed by atoms with Crippen LogP contribution in [-0.4, -0.2) is 37.1 Å². The number of fused-ring (bicyclic) bond motifs is 1. The Hall–Kier alpha value is -3.42. The van der Waals surface area contributed by atoms with Crippen LogP contribution in [0.15, 0.2) is 54.4 Å². The third kappa shape index (κ3) is 2.35. The Bertz CT molecular complexity index is 839. The molecule has 23 heavy (non-hydrogen) atoms. The number of para-hydroxylation sites is 1. The van der Waals surface area contributed by atoms with Crippen LogP contribution in [0.3, 0.4) is 0 Å². The Morgan fingerprint density at radius 1 is 1.13 bits per heavy atom. The Kier molecular flexibility index (Phi) is 3.12. The zero-order valence-corrected chi connectivity index (χ0v) is 12.0. The molecule has 0 fully saturated rings. The van der Waals surface area contributed by atoms with Gasteiger partial charge in [0.15, 0.2) is 6.17 Å². The molecule has 3 N–H and O–H groups in total. The lowest BCUT2D eigenvalue weighted by Gasteiger charge is -2.33. The van der Waals surface area contributed by atoms with Gasteiger partial charge in [-0.05, 0) is 12.1 Å². The summed E-state index contributed by atoms with van der Waals surface area (Å²) in [6.45, 7) is 0. The van der Waals surface area contributed by atoms with E-state index >= 15 is 0 Å². The van der Waals surface area contributed by atoms with E-state index in [4.69, 9.17) is 0 Å². The van der Waals surface area contributed by atoms with Gasteiger partial charge in [-0.1, -0.05) is 12.1 Å². The van der Waals surface area contributed by atoms with Crippen molar-refractivity contribution >= 4 is 17.8 Å². The number of nitrogens with one attached hydrogen (secondary N) is 3. The predicted octanol–water partition coefficient (Wildman–Crippen LogP) is 1.73. The normalized spacial score (nSPS) is 17.3. The number of anilines is 1. The summed E-state index contributed by atoms with van der Waals surface area (Å²) in [6, 6.07) is 7.34. The number of hydrogen-bond donors (Lipinski definition) is 3. The van der Waals surface area contributed by atoms with E-state index in [1.54, 1.807) is 37.3 Å². The summed E-state index contributed by atoms with van der Waals surface area (Å²) in [5, 5.41) is 9.01. The maximum atomic E-state index is 12.8. The minimum Gasteiger partial charge on any atom is -0.358 e. The number of H-pyrrole nitrogens is 2. The van der Waals surface area contributed by atoms with Crippen molar-refractivity contribution < 1.29 is 4.79 Å². The van der Waals surface area contributed by atoms with E-state index in [9.17, 15) is 4.79 Å². The fourth-order valence-electron chi connectivity index (χ4n) is 2.45. The molecular weight excluding hydrogens is 294 g/mol. The van der Waals surface area contributed by atoms with Crippen LogP contribution in [-0.2, 0) is 0 Å². The lowest BCUT2D eigenvalue weighted by molar-refractivity contribution is 0.0688. The fraction of sp³-hybridized carbons (Fsp3) is 0.0667. The molecule has 8 heteroatoms. The zero-order chi connectivity index (χ0) is 15.6. The van der Waals surface area contributed by atoms with E-state index in [0.717, 1.165) is 11.4 Å². The van der Waals surface area contributed by atoms with Gasteiger partial charge in [0, 0.05) is 5.69 Å². The van der Waals surface area contributed by atoms with Crippen LogP contribution in [0.5, 0.6) is 0 Å². The van der Waals surface area contributed by atoms with Crippen molar-refractivity contribution in [1.82, 2.24) is 24.9 Å². The van der Waals surface area contributed by atoms with Crippen molar-refractivity contribution in [3.63, 3.8) is 0 Å². The summed E-state index contributed by atoms with van der Waals surface area (Å²) >= 11 is 0. The first kappa shape index (κ1) is 13.3. The van der Waals surface area contributed by atoms with Crippen LogP contribution in [0.4, 0.5) is 5.69 Å². The van der Waals surface area contributed by atoms with Gasteiger partial charge < -0.3 is 15.3 Å². The second kappa shape index (κ2) is 5.41. The highest BCUT2D eigenvalue weighted by Gasteiger charge is 2.33. The average Bonchev–Trinajstić information content (AvgIpc) is 3.27. The molecule has 1 atom stereocenters. The summed E-state index contributed by atoms with van der Waals surface area (Å²) in [4.78, 5) is 26.7. The minimum atomic E-state index is -0.459. The molecule has 0 aliphatic carbocycles. The molecular formula is C15H13N7O. The van der Waals surface area contributed by atoms with Crippen molar-refractivity contribution in [3.8, 4) is 0 Å². The molecule has 1 amide bonds. The van der Waals surface area contributed by atoms with Crippen molar-refractivity contribution in [2.75, 3.05) is 5.32 Å². The number of aromatic amines is 2. The molecule has 0 saturated carbocycles. The van der Waals surface area contributed by atoms with Gasteiger partial charge in [0.1, 0.15) is 0 Å². The van der Waals surface area contributed by atoms with Crippen molar-refractivity contribution in [2.45, 2.75) is 6.17 Å². The molecule has 2 aromatic heterocycles. The van der Waals surface area contributed by atoms with E-state index in [1.165, 1.54) is 5.01 Å². The number of hydrazone groups is 1. The molecule has 3 aromatic rings. The maximum Gasteiger partial charge on any atom is 0.278 e. The van der Waals surface area contributed by atoms with Crippen LogP contribution >= 0.6 is 0 Å². The second-order valence-corrected chi connectivity index (χ2v) is 5.00. The van der Waals surface area contributed by atoms with Crippen molar-refractivity contribution in [3.05, 3.63) is 66.3 Å². The maximum absolute atomic E-state index is 12.8. The van der Waals surface area contributed by atoms with Gasteiger partial charge in [-0.2, -0.15) is 5.10 Å². The second-order valence-electron chi connectivity index (χ2n) is 5.00. The van der Waals surface area contributed by atoms with Crippen LogP contribution in [0, 0.1) is 0 Å². The van der Waals surface area contributed by atoms with Crippen LogP contribution in [0.2, 0.25) is 0 Å². The molecule has 4 rings (SSSR count). The number of aromatic nitrogens is 4. The molecule has 0 bridgehead atoms. The highest BCUT2D eigenvalue weighted by Crippen LogP contribution is 2.32. The zero-order valence-electron chi connectivity index (χ0n) is 12.0. The third-order valence-electron chi connectivity index (χ3n) is 3.56. The van der Waals surface area contributed by atoms with E-state index in [0.29, 0.717) is 11.3 Å². The third-order valence-corrected chi connectivity index (χ3v) is 3.56. The number of hydrogen-bond acceptors (Lipinski definition) is 5. The number of nitrogens with zero attached hydrogens (tertiary/aromatic N) is 4. The lowest BCUT2D eigenvalue weighted by atomic mass is 10.1. The molecule has 3 heterocycles. The number of benzene rings is 1. The summed E-state index contributed by atoms with van der Waals surface area (Å²) in [5.41, 5.74) is 2.80. The fourth-order valence-corrected chi connectivity index (χ4v) is 2.45. The van der Waals surface area contributed by atoms with Gasteiger partial charge in [0.05, 0.1) is 48.2 Å².